The van der Waals surface area contributed by atoms with Gasteiger partial charge in [0.25, 0.3) is 5.91 Å². The molecule has 4 amide bonds. The highest BCUT2D eigenvalue weighted by Crippen LogP contribution is 2.28. The Morgan fingerprint density at radius 1 is 1.22 bits per heavy atom. The van der Waals surface area contributed by atoms with Crippen LogP contribution in [0.3, 0.4) is 0 Å². The van der Waals surface area contributed by atoms with Crippen molar-refractivity contribution in [2.45, 2.75) is 12.5 Å². The van der Waals surface area contributed by atoms with E-state index in [0.29, 0.717) is 31.8 Å². The molecule has 1 aliphatic heterocycles. The molecule has 1 aliphatic rings. The summed E-state index contributed by atoms with van der Waals surface area (Å²) in [6, 6.07) is 4.64. The number of nitrogens with zero attached hydrogens (tertiary/aromatic N) is 1. The van der Waals surface area contributed by atoms with E-state index in [1.165, 1.54) is 31.2 Å². The van der Waals surface area contributed by atoms with Gasteiger partial charge in [0, 0.05) is 26.7 Å². The second-order valence-electron chi connectivity index (χ2n) is 6.05. The average molecular weight is 403 g/mol. The minimum atomic E-state index is -1.33. The zero-order valence-electron chi connectivity index (χ0n) is 15.2. The highest BCUT2D eigenvalue weighted by molar-refractivity contribution is 6.09. The fraction of sp³-hybridized carbons (Fsp3) is 0.471. The van der Waals surface area contributed by atoms with Gasteiger partial charge in [-0.05, 0) is 24.6 Å². The molecule has 1 fully saturated rings. The molecule has 150 valence electrons. The summed E-state index contributed by atoms with van der Waals surface area (Å²) in [6.45, 7) is 3.29. The minimum absolute atomic E-state index is 0. The Bertz CT molecular complexity index is 673. The van der Waals surface area contributed by atoms with Crippen molar-refractivity contribution in [1.29, 1.82) is 0 Å². The third kappa shape index (κ3) is 5.62. The van der Waals surface area contributed by atoms with Crippen molar-refractivity contribution in [3.05, 3.63) is 35.6 Å². The maximum Gasteiger partial charge on any atom is 0.325 e. The molecule has 3 N–H and O–H groups in total. The van der Waals surface area contributed by atoms with Crippen LogP contribution in [-0.2, 0) is 19.9 Å². The molecule has 27 heavy (non-hydrogen) atoms. The van der Waals surface area contributed by atoms with Crippen LogP contribution in [0.15, 0.2) is 24.3 Å². The quantitative estimate of drug-likeness (QED) is 0.409. The Morgan fingerprint density at radius 2 is 1.89 bits per heavy atom. The number of urea groups is 1. The lowest BCUT2D eigenvalue weighted by molar-refractivity contribution is -0.134. The Kier molecular flexibility index (Phi) is 8.61. The second-order valence-corrected chi connectivity index (χ2v) is 6.05. The highest BCUT2D eigenvalue weighted by atomic mass is 35.5. The highest BCUT2D eigenvalue weighted by Gasteiger charge is 2.49. The molecule has 8 nitrogen and oxygen atoms in total. The average Bonchev–Trinajstić information content (AvgIpc) is 2.82. The molecule has 10 heteroatoms. The van der Waals surface area contributed by atoms with Gasteiger partial charge in [-0.1, -0.05) is 12.1 Å². The fourth-order valence-electron chi connectivity index (χ4n) is 2.61. The van der Waals surface area contributed by atoms with Crippen LogP contribution in [0.2, 0.25) is 0 Å². The van der Waals surface area contributed by atoms with Gasteiger partial charge >= 0.3 is 6.03 Å². The van der Waals surface area contributed by atoms with Crippen molar-refractivity contribution in [2.24, 2.45) is 0 Å². The second kappa shape index (κ2) is 10.2. The molecule has 1 unspecified atom stereocenters. The number of amides is 4. The van der Waals surface area contributed by atoms with Gasteiger partial charge in [0.15, 0.2) is 0 Å². The summed E-state index contributed by atoms with van der Waals surface area (Å²) < 4.78 is 18.0. The number of benzene rings is 1. The molecule has 1 atom stereocenters. The van der Waals surface area contributed by atoms with Crippen LogP contribution in [-0.4, -0.2) is 62.6 Å². The molecule has 0 spiro atoms. The topological polar surface area (TPSA) is 99.8 Å². The number of methoxy groups -OCH3 is 1. The van der Waals surface area contributed by atoms with Gasteiger partial charge < -0.3 is 20.7 Å². The monoisotopic (exact) mass is 402 g/mol. The largest absolute Gasteiger partial charge is 0.383 e. The summed E-state index contributed by atoms with van der Waals surface area (Å²) >= 11 is 0. The molecule has 0 bridgehead atoms. The summed E-state index contributed by atoms with van der Waals surface area (Å²) in [5.74, 6) is -1.43. The number of carbonyl (C=O) groups is 3. The predicted octanol–water partition coefficient (Wildman–Crippen LogP) is 0.367. The maximum absolute atomic E-state index is 13.1. The molecule has 1 aromatic rings. The minimum Gasteiger partial charge on any atom is -0.383 e. The number of hydrogen-bond acceptors (Lipinski definition) is 5. The van der Waals surface area contributed by atoms with E-state index in [0.717, 1.165) is 4.90 Å². The van der Waals surface area contributed by atoms with Crippen LogP contribution in [0.25, 0.3) is 0 Å². The lowest BCUT2D eigenvalue weighted by atomic mass is 9.92. The van der Waals surface area contributed by atoms with E-state index in [1.54, 1.807) is 7.11 Å². The Hall–Kier alpha value is -2.23. The molecule has 2 rings (SSSR count). The van der Waals surface area contributed by atoms with E-state index in [-0.39, 0.29) is 19.0 Å². The van der Waals surface area contributed by atoms with Gasteiger partial charge in [-0.25, -0.2) is 9.18 Å². The van der Waals surface area contributed by atoms with E-state index in [9.17, 15) is 18.8 Å². The molecule has 1 aromatic carbocycles. The standard InChI is InChI=1S/C17H23FN4O4.ClH/c1-17(12-3-5-13(18)6-4-12)15(24)22(16(25)21-17)11-14(23)20-8-7-19-9-10-26-2;/h3-6,19H,7-11H2,1-2H3,(H,20,23)(H,21,25);1H. The SMILES string of the molecule is COCCNCCNC(=O)CN1C(=O)NC(C)(c2ccc(F)cc2)C1=O.Cl. The Balaban J connectivity index is 0.00000364. The summed E-state index contributed by atoms with van der Waals surface area (Å²) in [6.07, 6.45) is 0. The van der Waals surface area contributed by atoms with E-state index >= 15 is 0 Å². The lowest BCUT2D eigenvalue weighted by Crippen LogP contribution is -2.44. The number of rotatable bonds is 9. The first-order chi connectivity index (χ1) is 12.4. The molecule has 0 aliphatic carbocycles. The zero-order chi connectivity index (χ0) is 19.2. The van der Waals surface area contributed by atoms with Gasteiger partial charge in [0.2, 0.25) is 5.91 Å². The van der Waals surface area contributed by atoms with Crippen molar-refractivity contribution in [2.75, 3.05) is 39.9 Å². The number of hydrogen-bond donors (Lipinski definition) is 3. The first kappa shape index (κ1) is 22.8. The summed E-state index contributed by atoms with van der Waals surface area (Å²) in [5, 5.41) is 8.27. The van der Waals surface area contributed by atoms with E-state index in [4.69, 9.17) is 4.74 Å². The van der Waals surface area contributed by atoms with Crippen LogP contribution in [0, 0.1) is 5.82 Å². The Labute approximate surface area is 163 Å². The van der Waals surface area contributed by atoms with Crippen molar-refractivity contribution in [3.63, 3.8) is 0 Å². The number of imide groups is 1. The fourth-order valence-corrected chi connectivity index (χ4v) is 2.61. The molecule has 1 saturated heterocycles. The maximum atomic E-state index is 13.1. The van der Waals surface area contributed by atoms with Crippen molar-refractivity contribution in [3.8, 4) is 0 Å². The van der Waals surface area contributed by atoms with E-state index < -0.39 is 29.2 Å². The zero-order valence-corrected chi connectivity index (χ0v) is 16.0. The van der Waals surface area contributed by atoms with E-state index in [1.807, 2.05) is 0 Å². The summed E-state index contributed by atoms with van der Waals surface area (Å²) in [4.78, 5) is 37.6. The Morgan fingerprint density at radius 3 is 2.52 bits per heavy atom. The molecular weight excluding hydrogens is 379 g/mol. The normalized spacial score (nSPS) is 18.9. The molecule has 0 radical (unpaired) electrons. The smallest absolute Gasteiger partial charge is 0.325 e. The molecule has 0 aromatic heterocycles. The molecular formula is C17H24ClFN4O4. The van der Waals surface area contributed by atoms with Crippen LogP contribution in [0.5, 0.6) is 0 Å². The number of ether oxygens (including phenoxy) is 1. The van der Waals surface area contributed by atoms with Crippen LogP contribution in [0.4, 0.5) is 9.18 Å². The third-order valence-corrected chi connectivity index (χ3v) is 4.11. The first-order valence-electron chi connectivity index (χ1n) is 8.25. The lowest BCUT2D eigenvalue weighted by Gasteiger charge is -2.22. The van der Waals surface area contributed by atoms with Crippen LogP contribution >= 0.6 is 12.4 Å². The van der Waals surface area contributed by atoms with E-state index in [2.05, 4.69) is 16.0 Å². The first-order valence-corrected chi connectivity index (χ1v) is 8.25. The third-order valence-electron chi connectivity index (χ3n) is 4.11. The number of nitrogens with one attached hydrogen (secondary N) is 3. The van der Waals surface area contributed by atoms with Crippen molar-refractivity contribution in [1.82, 2.24) is 20.9 Å². The summed E-state index contributed by atoms with van der Waals surface area (Å²) in [5.41, 5.74) is -0.880. The summed E-state index contributed by atoms with van der Waals surface area (Å²) in [7, 11) is 1.60. The number of carbonyl (C=O) groups excluding carboxylic acids is 3. The molecule has 0 saturated carbocycles. The predicted molar refractivity (Wildman–Crippen MR) is 99.0 cm³/mol. The van der Waals surface area contributed by atoms with Gasteiger partial charge in [-0.15, -0.1) is 12.4 Å². The number of halogens is 2. The van der Waals surface area contributed by atoms with Gasteiger partial charge in [-0.2, -0.15) is 0 Å². The van der Waals surface area contributed by atoms with Crippen molar-refractivity contribution < 1.29 is 23.5 Å². The van der Waals surface area contributed by atoms with Gasteiger partial charge in [0.05, 0.1) is 6.61 Å². The van der Waals surface area contributed by atoms with Gasteiger partial charge in [0.1, 0.15) is 17.9 Å². The van der Waals surface area contributed by atoms with Crippen LogP contribution in [0.1, 0.15) is 12.5 Å². The van der Waals surface area contributed by atoms with Crippen LogP contribution < -0.4 is 16.0 Å². The van der Waals surface area contributed by atoms with Crippen molar-refractivity contribution >= 4 is 30.3 Å². The van der Waals surface area contributed by atoms with Gasteiger partial charge in [-0.3, -0.25) is 14.5 Å². The molecule has 1 heterocycles.